The van der Waals surface area contributed by atoms with Crippen LogP contribution in [0.2, 0.25) is 0 Å². The van der Waals surface area contributed by atoms with Gasteiger partial charge >= 0.3 is 0 Å². The summed E-state index contributed by atoms with van der Waals surface area (Å²) >= 11 is 1.42. The van der Waals surface area contributed by atoms with Crippen LogP contribution in [0.3, 0.4) is 0 Å². The molecule has 120 valence electrons. The minimum absolute atomic E-state index is 0.457. The molecule has 1 aliphatic heterocycles. The predicted molar refractivity (Wildman–Crippen MR) is 87.5 cm³/mol. The van der Waals surface area contributed by atoms with Crippen LogP contribution in [0.1, 0.15) is 30.1 Å². The molecule has 0 unspecified atom stereocenters. The smallest absolute Gasteiger partial charge is 0.0895 e. The van der Waals surface area contributed by atoms with Gasteiger partial charge in [0.25, 0.3) is 0 Å². The van der Waals surface area contributed by atoms with Crippen molar-refractivity contribution in [3.05, 3.63) is 29.0 Å². The molecule has 3 rings (SSSR count). The van der Waals surface area contributed by atoms with Gasteiger partial charge in [0.15, 0.2) is 0 Å². The molecule has 0 aliphatic carbocycles. The van der Waals surface area contributed by atoms with E-state index in [0.29, 0.717) is 12.0 Å². The highest BCUT2D eigenvalue weighted by molar-refractivity contribution is 7.03. The van der Waals surface area contributed by atoms with Gasteiger partial charge in [0, 0.05) is 43.3 Å². The molecular formula is C15H24N6S. The van der Waals surface area contributed by atoms with E-state index in [1.54, 1.807) is 0 Å². The van der Waals surface area contributed by atoms with Crippen LogP contribution in [0.15, 0.2) is 17.8 Å². The molecule has 2 atom stereocenters. The van der Waals surface area contributed by atoms with Crippen LogP contribution in [0.4, 0.5) is 0 Å². The summed E-state index contributed by atoms with van der Waals surface area (Å²) in [6.07, 6.45) is 6.71. The monoisotopic (exact) mass is 320 g/mol. The first-order chi connectivity index (χ1) is 10.6. The van der Waals surface area contributed by atoms with E-state index >= 15 is 0 Å². The highest BCUT2D eigenvalue weighted by Gasteiger charge is 2.32. The summed E-state index contributed by atoms with van der Waals surface area (Å²) in [6, 6.07) is 0.457. The summed E-state index contributed by atoms with van der Waals surface area (Å²) in [4.78, 5) is 4.84. The quantitative estimate of drug-likeness (QED) is 0.840. The zero-order chi connectivity index (χ0) is 15.5. The zero-order valence-electron chi connectivity index (χ0n) is 13.5. The molecule has 7 heteroatoms. The molecule has 2 aromatic rings. The van der Waals surface area contributed by atoms with Gasteiger partial charge in [-0.2, -0.15) is 5.10 Å². The summed E-state index contributed by atoms with van der Waals surface area (Å²) in [7, 11) is 6.39. The van der Waals surface area contributed by atoms with Crippen molar-refractivity contribution in [2.24, 2.45) is 13.0 Å². The topological polar surface area (TPSA) is 50.1 Å². The van der Waals surface area contributed by atoms with E-state index in [1.807, 2.05) is 23.3 Å². The minimum atomic E-state index is 0.457. The summed E-state index contributed by atoms with van der Waals surface area (Å²) in [6.45, 7) is 3.10. The first kappa shape index (κ1) is 15.6. The second kappa shape index (κ2) is 6.85. The third-order valence-electron chi connectivity index (χ3n) is 4.46. The average Bonchev–Trinajstić information content (AvgIpc) is 3.11. The highest BCUT2D eigenvalue weighted by atomic mass is 32.1. The van der Waals surface area contributed by atoms with E-state index in [9.17, 15) is 0 Å². The van der Waals surface area contributed by atoms with Crippen molar-refractivity contribution in [3.8, 4) is 0 Å². The second-order valence-corrected chi connectivity index (χ2v) is 6.98. The average molecular weight is 320 g/mol. The molecule has 1 fully saturated rings. The Kier molecular flexibility index (Phi) is 4.85. The molecule has 0 radical (unpaired) electrons. The van der Waals surface area contributed by atoms with Crippen LogP contribution in [0, 0.1) is 5.92 Å². The van der Waals surface area contributed by atoms with Gasteiger partial charge in [-0.05, 0) is 50.9 Å². The summed E-state index contributed by atoms with van der Waals surface area (Å²) < 4.78 is 5.85. The molecule has 0 aromatic carbocycles. The summed E-state index contributed by atoms with van der Waals surface area (Å²) in [5.74, 6) is 0.625. The Bertz CT molecular complexity index is 581. The predicted octanol–water partition coefficient (Wildman–Crippen LogP) is 1.79. The van der Waals surface area contributed by atoms with E-state index in [0.717, 1.165) is 25.3 Å². The van der Waals surface area contributed by atoms with Crippen molar-refractivity contribution in [1.82, 2.24) is 29.2 Å². The van der Waals surface area contributed by atoms with Crippen LogP contribution in [-0.2, 0) is 13.6 Å². The standard InChI is InChI=1S/C15H24N6S/c1-19(10-14-11-22-18-17-14)8-12-5-4-6-20(2)15(12)13-7-16-21(3)9-13/h7,9,11-12,15H,4-6,8,10H2,1-3H3/t12-,15+/m0/s1. The Labute approximate surface area is 135 Å². The third kappa shape index (κ3) is 3.53. The summed E-state index contributed by atoms with van der Waals surface area (Å²) in [5.41, 5.74) is 2.40. The maximum Gasteiger partial charge on any atom is 0.0895 e. The molecule has 0 spiro atoms. The van der Waals surface area contributed by atoms with Crippen molar-refractivity contribution in [2.75, 3.05) is 27.2 Å². The number of hydrogen-bond donors (Lipinski definition) is 0. The van der Waals surface area contributed by atoms with Crippen molar-refractivity contribution >= 4 is 11.5 Å². The Morgan fingerprint density at radius 1 is 1.41 bits per heavy atom. The lowest BCUT2D eigenvalue weighted by molar-refractivity contribution is 0.0922. The molecule has 3 heterocycles. The molecule has 2 aromatic heterocycles. The molecular weight excluding hydrogens is 296 g/mol. The maximum absolute atomic E-state index is 4.36. The lowest BCUT2D eigenvalue weighted by Gasteiger charge is -2.40. The molecule has 1 saturated heterocycles. The fourth-order valence-electron chi connectivity index (χ4n) is 3.56. The first-order valence-electron chi connectivity index (χ1n) is 7.76. The molecule has 0 saturated carbocycles. The lowest BCUT2D eigenvalue weighted by atomic mass is 9.86. The van der Waals surface area contributed by atoms with Gasteiger partial charge in [-0.1, -0.05) is 4.49 Å². The number of aryl methyl sites for hydroxylation is 1. The molecule has 6 nitrogen and oxygen atoms in total. The number of aromatic nitrogens is 4. The Hall–Kier alpha value is -1.31. The van der Waals surface area contributed by atoms with Crippen LogP contribution in [0.25, 0.3) is 0 Å². The molecule has 1 aliphatic rings. The molecule has 22 heavy (non-hydrogen) atoms. The van der Waals surface area contributed by atoms with Gasteiger partial charge in [-0.15, -0.1) is 5.10 Å². The van der Waals surface area contributed by atoms with Crippen LogP contribution in [0.5, 0.6) is 0 Å². The largest absolute Gasteiger partial charge is 0.300 e. The van der Waals surface area contributed by atoms with Crippen molar-refractivity contribution in [3.63, 3.8) is 0 Å². The van der Waals surface area contributed by atoms with E-state index in [-0.39, 0.29) is 0 Å². The van der Waals surface area contributed by atoms with Crippen LogP contribution >= 0.6 is 11.5 Å². The van der Waals surface area contributed by atoms with Gasteiger partial charge in [0.1, 0.15) is 0 Å². The van der Waals surface area contributed by atoms with Gasteiger partial charge in [0.05, 0.1) is 11.9 Å². The Morgan fingerprint density at radius 3 is 2.95 bits per heavy atom. The van der Waals surface area contributed by atoms with Crippen LogP contribution < -0.4 is 0 Å². The Balaban J connectivity index is 1.69. The van der Waals surface area contributed by atoms with Gasteiger partial charge in [0.2, 0.25) is 0 Å². The van der Waals surface area contributed by atoms with E-state index in [1.165, 1.54) is 29.9 Å². The van der Waals surface area contributed by atoms with Crippen molar-refractivity contribution < 1.29 is 0 Å². The number of rotatable bonds is 5. The molecule has 0 amide bonds. The van der Waals surface area contributed by atoms with E-state index in [4.69, 9.17) is 0 Å². The van der Waals surface area contributed by atoms with E-state index < -0.39 is 0 Å². The first-order valence-corrected chi connectivity index (χ1v) is 8.60. The number of likely N-dealkylation sites (tertiary alicyclic amines) is 1. The Morgan fingerprint density at radius 2 is 2.27 bits per heavy atom. The zero-order valence-corrected chi connectivity index (χ0v) is 14.3. The molecule has 0 bridgehead atoms. The third-order valence-corrected chi connectivity index (χ3v) is 5.01. The van der Waals surface area contributed by atoms with Crippen molar-refractivity contribution in [2.45, 2.75) is 25.4 Å². The van der Waals surface area contributed by atoms with Crippen LogP contribution in [-0.4, -0.2) is 56.4 Å². The maximum atomic E-state index is 4.36. The second-order valence-electron chi connectivity index (χ2n) is 6.37. The van der Waals surface area contributed by atoms with Gasteiger partial charge < -0.3 is 4.90 Å². The van der Waals surface area contributed by atoms with Gasteiger partial charge in [-0.25, -0.2) is 0 Å². The summed E-state index contributed by atoms with van der Waals surface area (Å²) in [5, 5.41) is 10.5. The van der Waals surface area contributed by atoms with Gasteiger partial charge in [-0.3, -0.25) is 9.58 Å². The minimum Gasteiger partial charge on any atom is -0.300 e. The number of piperidine rings is 1. The van der Waals surface area contributed by atoms with Crippen molar-refractivity contribution in [1.29, 1.82) is 0 Å². The fourth-order valence-corrected chi connectivity index (χ4v) is 4.01. The normalized spacial score (nSPS) is 23.3. The fraction of sp³-hybridized carbons (Fsp3) is 0.667. The van der Waals surface area contributed by atoms with E-state index in [2.05, 4.69) is 44.8 Å². The number of hydrogen-bond acceptors (Lipinski definition) is 6. The number of nitrogens with zero attached hydrogens (tertiary/aromatic N) is 6. The highest BCUT2D eigenvalue weighted by Crippen LogP contribution is 2.35. The lowest BCUT2D eigenvalue weighted by Crippen LogP contribution is -2.40. The molecule has 0 N–H and O–H groups in total. The SMILES string of the molecule is CN(Cc1csnn1)C[C@@H]1CCCN(C)[C@H]1c1cnn(C)c1.